The summed E-state index contributed by atoms with van der Waals surface area (Å²) in [4.78, 5) is 17.4. The van der Waals surface area contributed by atoms with Crippen LogP contribution in [0.15, 0.2) is 77.2 Å². The zero-order valence-corrected chi connectivity index (χ0v) is 18.5. The summed E-state index contributed by atoms with van der Waals surface area (Å²) in [6.45, 7) is 5.38. The molecule has 1 aromatic heterocycles. The molecular formula is C26H32N2O3. The van der Waals surface area contributed by atoms with Gasteiger partial charge in [0.25, 0.3) is 0 Å². The quantitative estimate of drug-likeness (QED) is 0.438. The fourth-order valence-electron chi connectivity index (χ4n) is 3.53. The number of benzene rings is 2. The van der Waals surface area contributed by atoms with Crippen molar-refractivity contribution in [2.45, 2.75) is 26.4 Å². The van der Waals surface area contributed by atoms with E-state index in [1.165, 1.54) is 11.1 Å². The average molecular weight is 421 g/mol. The van der Waals surface area contributed by atoms with Crippen LogP contribution < -0.4 is 0 Å². The van der Waals surface area contributed by atoms with Gasteiger partial charge in [0.2, 0.25) is 5.91 Å². The Kier molecular flexibility index (Phi) is 8.88. The summed E-state index contributed by atoms with van der Waals surface area (Å²) in [5.74, 6) is 1.76. The summed E-state index contributed by atoms with van der Waals surface area (Å²) in [6.07, 6.45) is 0.809. The van der Waals surface area contributed by atoms with E-state index in [9.17, 15) is 4.79 Å². The van der Waals surface area contributed by atoms with Crippen molar-refractivity contribution in [2.24, 2.45) is 0 Å². The number of aryl methyl sites for hydroxylation is 1. The van der Waals surface area contributed by atoms with Crippen molar-refractivity contribution in [1.82, 2.24) is 9.80 Å². The molecule has 5 nitrogen and oxygen atoms in total. The molecule has 3 rings (SSSR count). The van der Waals surface area contributed by atoms with Crippen molar-refractivity contribution in [2.75, 3.05) is 33.4 Å². The van der Waals surface area contributed by atoms with Crippen molar-refractivity contribution in [3.63, 3.8) is 0 Å². The monoisotopic (exact) mass is 420 g/mol. The Hall–Kier alpha value is -2.89. The van der Waals surface area contributed by atoms with E-state index in [0.29, 0.717) is 39.3 Å². The van der Waals surface area contributed by atoms with Crippen LogP contribution in [0, 0.1) is 6.92 Å². The first kappa shape index (κ1) is 22.8. The molecule has 0 bridgehead atoms. The van der Waals surface area contributed by atoms with Crippen LogP contribution in [0.3, 0.4) is 0 Å². The minimum Gasteiger partial charge on any atom is -0.464 e. The molecule has 0 saturated heterocycles. The van der Waals surface area contributed by atoms with Crippen molar-refractivity contribution in [1.29, 1.82) is 0 Å². The van der Waals surface area contributed by atoms with Crippen LogP contribution in [0.4, 0.5) is 0 Å². The Morgan fingerprint density at radius 2 is 1.55 bits per heavy atom. The Morgan fingerprint density at radius 3 is 2.16 bits per heavy atom. The molecule has 3 aromatic rings. The topological polar surface area (TPSA) is 45.9 Å². The lowest BCUT2D eigenvalue weighted by Gasteiger charge is -2.27. The van der Waals surface area contributed by atoms with Gasteiger partial charge in [0, 0.05) is 26.7 Å². The number of amides is 1. The van der Waals surface area contributed by atoms with E-state index < -0.39 is 0 Å². The molecule has 0 fully saturated rings. The van der Waals surface area contributed by atoms with Gasteiger partial charge in [-0.15, -0.1) is 0 Å². The predicted molar refractivity (Wildman–Crippen MR) is 123 cm³/mol. The minimum atomic E-state index is 0.0945. The molecule has 0 aliphatic rings. The Bertz CT molecular complexity index is 909. The second kappa shape index (κ2) is 12.1. The Balaban J connectivity index is 1.69. The number of hydrogen-bond donors (Lipinski definition) is 0. The van der Waals surface area contributed by atoms with Crippen LogP contribution in [-0.2, 0) is 29.0 Å². The fraction of sp³-hybridized carbons (Fsp3) is 0.346. The zero-order valence-electron chi connectivity index (χ0n) is 18.5. The highest BCUT2D eigenvalue weighted by Gasteiger charge is 2.19. The highest BCUT2D eigenvalue weighted by molar-refractivity contribution is 5.78. The van der Waals surface area contributed by atoms with Gasteiger partial charge in [0.15, 0.2) is 0 Å². The van der Waals surface area contributed by atoms with Crippen LogP contribution in [0.2, 0.25) is 0 Å². The van der Waals surface area contributed by atoms with Crippen molar-refractivity contribution >= 4 is 5.91 Å². The smallest absolute Gasteiger partial charge is 0.237 e. The van der Waals surface area contributed by atoms with Gasteiger partial charge in [-0.1, -0.05) is 60.7 Å². The molecule has 0 atom stereocenters. The van der Waals surface area contributed by atoms with E-state index in [0.717, 1.165) is 17.9 Å². The van der Waals surface area contributed by atoms with Gasteiger partial charge in [-0.2, -0.15) is 0 Å². The second-order valence-corrected chi connectivity index (χ2v) is 7.75. The number of rotatable bonds is 12. The van der Waals surface area contributed by atoms with Gasteiger partial charge in [0.05, 0.1) is 19.7 Å². The molecule has 1 amide bonds. The van der Waals surface area contributed by atoms with E-state index in [2.05, 4.69) is 29.2 Å². The van der Waals surface area contributed by atoms with E-state index in [1.54, 1.807) is 7.11 Å². The summed E-state index contributed by atoms with van der Waals surface area (Å²) < 4.78 is 11.0. The third-order valence-corrected chi connectivity index (χ3v) is 5.23. The normalized spacial score (nSPS) is 11.1. The van der Waals surface area contributed by atoms with Gasteiger partial charge in [-0.05, 0) is 36.6 Å². The van der Waals surface area contributed by atoms with Crippen LogP contribution in [0.5, 0.6) is 0 Å². The minimum absolute atomic E-state index is 0.0945. The molecule has 1 heterocycles. The summed E-state index contributed by atoms with van der Waals surface area (Å²) in [5.41, 5.74) is 2.40. The second-order valence-electron chi connectivity index (χ2n) is 7.75. The number of methoxy groups -OCH3 is 1. The molecule has 5 heteroatoms. The number of carbonyl (C=O) groups is 1. The third-order valence-electron chi connectivity index (χ3n) is 5.23. The molecule has 0 spiro atoms. The highest BCUT2D eigenvalue weighted by Crippen LogP contribution is 2.13. The molecule has 0 aliphatic carbocycles. The molecule has 0 aliphatic heterocycles. The lowest BCUT2D eigenvalue weighted by atomic mass is 10.1. The summed E-state index contributed by atoms with van der Waals surface area (Å²) in [7, 11) is 1.69. The summed E-state index contributed by atoms with van der Waals surface area (Å²) in [5, 5.41) is 0. The van der Waals surface area contributed by atoms with Crippen molar-refractivity contribution < 1.29 is 13.9 Å². The number of hydrogen-bond acceptors (Lipinski definition) is 4. The fourth-order valence-corrected chi connectivity index (χ4v) is 3.53. The number of furan rings is 1. The molecule has 0 saturated carbocycles. The first-order valence-electron chi connectivity index (χ1n) is 10.8. The van der Waals surface area contributed by atoms with Crippen LogP contribution >= 0.6 is 0 Å². The molecule has 31 heavy (non-hydrogen) atoms. The van der Waals surface area contributed by atoms with Gasteiger partial charge in [-0.25, -0.2) is 0 Å². The standard InChI is InChI=1S/C26H32N2O3/c1-22-13-14-25(31-22)20-28(16-15-23-9-5-3-6-10-23)26(29)21-27(17-18-30-2)19-24-11-7-4-8-12-24/h3-14H,15-21H2,1-2H3. The molecule has 0 N–H and O–H groups in total. The van der Waals surface area contributed by atoms with E-state index in [1.807, 2.05) is 60.4 Å². The number of nitrogens with zero attached hydrogens (tertiary/aromatic N) is 2. The Labute approximate surface area is 185 Å². The summed E-state index contributed by atoms with van der Waals surface area (Å²) in [6, 6.07) is 24.4. The molecule has 0 unspecified atom stereocenters. The van der Waals surface area contributed by atoms with Gasteiger partial charge in [-0.3, -0.25) is 9.69 Å². The number of ether oxygens (including phenoxy) is 1. The molecular weight excluding hydrogens is 388 g/mol. The van der Waals surface area contributed by atoms with E-state index in [-0.39, 0.29) is 5.91 Å². The predicted octanol–water partition coefficient (Wildman–Crippen LogP) is 4.31. The Morgan fingerprint density at radius 1 is 0.871 bits per heavy atom. The maximum Gasteiger partial charge on any atom is 0.237 e. The van der Waals surface area contributed by atoms with E-state index >= 15 is 0 Å². The SMILES string of the molecule is COCCN(CC(=O)N(CCc1ccccc1)Cc1ccc(C)o1)Cc1ccccc1. The maximum atomic E-state index is 13.3. The van der Waals surface area contributed by atoms with E-state index in [4.69, 9.17) is 9.15 Å². The molecule has 2 aromatic carbocycles. The van der Waals surface area contributed by atoms with Crippen LogP contribution in [-0.4, -0.2) is 49.1 Å². The van der Waals surface area contributed by atoms with Gasteiger partial charge in [0.1, 0.15) is 11.5 Å². The average Bonchev–Trinajstić information content (AvgIpc) is 3.21. The van der Waals surface area contributed by atoms with Crippen LogP contribution in [0.25, 0.3) is 0 Å². The third kappa shape index (κ3) is 7.70. The van der Waals surface area contributed by atoms with Gasteiger partial charge >= 0.3 is 0 Å². The lowest BCUT2D eigenvalue weighted by molar-refractivity contribution is -0.133. The molecule has 0 radical (unpaired) electrons. The first-order chi connectivity index (χ1) is 15.1. The summed E-state index contributed by atoms with van der Waals surface area (Å²) >= 11 is 0. The van der Waals surface area contributed by atoms with Gasteiger partial charge < -0.3 is 14.1 Å². The zero-order chi connectivity index (χ0) is 21.9. The number of carbonyl (C=O) groups excluding carboxylic acids is 1. The maximum absolute atomic E-state index is 13.3. The highest BCUT2D eigenvalue weighted by atomic mass is 16.5. The first-order valence-corrected chi connectivity index (χ1v) is 10.8. The van der Waals surface area contributed by atoms with Crippen molar-refractivity contribution in [3.05, 3.63) is 95.4 Å². The molecule has 164 valence electrons. The van der Waals surface area contributed by atoms with Crippen molar-refractivity contribution in [3.8, 4) is 0 Å². The lowest BCUT2D eigenvalue weighted by Crippen LogP contribution is -2.41. The largest absolute Gasteiger partial charge is 0.464 e. The van der Waals surface area contributed by atoms with Crippen LogP contribution in [0.1, 0.15) is 22.6 Å².